The summed E-state index contributed by atoms with van der Waals surface area (Å²) in [6, 6.07) is 12.8. The molecule has 0 saturated carbocycles. The molecule has 2 N–H and O–H groups in total. The zero-order valence-corrected chi connectivity index (χ0v) is 16.9. The first kappa shape index (κ1) is 19.2. The lowest BCUT2D eigenvalue weighted by atomic mass is 10.1. The van der Waals surface area contributed by atoms with Gasteiger partial charge in [0.25, 0.3) is 0 Å². The minimum Gasteiger partial charge on any atom is -0.496 e. The van der Waals surface area contributed by atoms with Crippen LogP contribution in [-0.4, -0.2) is 46.6 Å². The van der Waals surface area contributed by atoms with Crippen LogP contribution < -0.4 is 10.1 Å². The van der Waals surface area contributed by atoms with Gasteiger partial charge >= 0.3 is 0 Å². The number of rotatable bonds is 6. The molecule has 0 radical (unpaired) electrons. The van der Waals surface area contributed by atoms with E-state index in [4.69, 9.17) is 4.74 Å². The fourth-order valence-electron chi connectivity index (χ4n) is 3.60. The highest BCUT2D eigenvalue weighted by molar-refractivity contribution is 7.10. The number of aromatic amines is 1. The largest absolute Gasteiger partial charge is 0.496 e. The Labute approximate surface area is 172 Å². The number of anilines is 1. The van der Waals surface area contributed by atoms with E-state index in [0.717, 1.165) is 28.3 Å². The van der Waals surface area contributed by atoms with Gasteiger partial charge in [0.1, 0.15) is 11.8 Å². The number of methoxy groups -OCH3 is 1. The second-order valence-electron chi connectivity index (χ2n) is 6.86. The average molecular weight is 410 g/mol. The molecule has 1 unspecified atom stereocenters. The highest BCUT2D eigenvalue weighted by atomic mass is 32.1. The standard InChI is InChI=1S/C21H22N4O3S/c1-28-18-9-3-2-7-15(18)16-13-19(24-23-16)22-21(27)17-8-4-10-25(17)20(26)12-14-6-5-11-29-14/h2-3,5-7,9,11,13,17H,4,8,10,12H2,1H3,(H2,22,23,24,27). The second-order valence-corrected chi connectivity index (χ2v) is 7.89. The number of carbonyl (C=O) groups excluding carboxylic acids is 2. The third kappa shape index (κ3) is 4.17. The Hall–Kier alpha value is -3.13. The van der Waals surface area contributed by atoms with Gasteiger partial charge in [-0.15, -0.1) is 11.3 Å². The lowest BCUT2D eigenvalue weighted by Gasteiger charge is -2.23. The van der Waals surface area contributed by atoms with E-state index in [1.165, 1.54) is 0 Å². The van der Waals surface area contributed by atoms with Crippen LogP contribution >= 0.6 is 11.3 Å². The van der Waals surface area contributed by atoms with Gasteiger partial charge in [-0.3, -0.25) is 14.7 Å². The van der Waals surface area contributed by atoms with Crippen molar-refractivity contribution in [3.8, 4) is 17.0 Å². The van der Waals surface area contributed by atoms with Crippen molar-refractivity contribution in [2.24, 2.45) is 0 Å². The Morgan fingerprint density at radius 1 is 1.31 bits per heavy atom. The summed E-state index contributed by atoms with van der Waals surface area (Å²) in [4.78, 5) is 28.2. The Bertz CT molecular complexity index is 999. The molecule has 150 valence electrons. The van der Waals surface area contributed by atoms with Crippen LogP contribution in [0.15, 0.2) is 47.8 Å². The summed E-state index contributed by atoms with van der Waals surface area (Å²) in [7, 11) is 1.61. The van der Waals surface area contributed by atoms with Crippen molar-refractivity contribution in [3.63, 3.8) is 0 Å². The zero-order valence-electron chi connectivity index (χ0n) is 16.1. The van der Waals surface area contributed by atoms with Gasteiger partial charge in [0.2, 0.25) is 11.8 Å². The fraction of sp³-hybridized carbons (Fsp3) is 0.286. The Morgan fingerprint density at radius 2 is 2.17 bits per heavy atom. The van der Waals surface area contributed by atoms with Crippen molar-refractivity contribution >= 4 is 29.0 Å². The van der Waals surface area contributed by atoms with E-state index < -0.39 is 6.04 Å². The monoisotopic (exact) mass is 410 g/mol. The number of benzene rings is 1. The van der Waals surface area contributed by atoms with Crippen LogP contribution in [0.4, 0.5) is 5.82 Å². The molecule has 2 amide bonds. The highest BCUT2D eigenvalue weighted by Crippen LogP contribution is 2.29. The molecular formula is C21H22N4O3S. The van der Waals surface area contributed by atoms with E-state index in [9.17, 15) is 9.59 Å². The molecule has 1 atom stereocenters. The van der Waals surface area contributed by atoms with Gasteiger partial charge in [0, 0.05) is 23.1 Å². The van der Waals surface area contributed by atoms with Crippen LogP contribution in [-0.2, 0) is 16.0 Å². The number of aromatic nitrogens is 2. The molecular weight excluding hydrogens is 388 g/mol. The van der Waals surface area contributed by atoms with E-state index in [2.05, 4.69) is 15.5 Å². The predicted molar refractivity (Wildman–Crippen MR) is 112 cm³/mol. The minimum atomic E-state index is -0.464. The normalized spacial score (nSPS) is 16.0. The first-order valence-electron chi connectivity index (χ1n) is 9.47. The fourth-order valence-corrected chi connectivity index (χ4v) is 4.30. The molecule has 4 rings (SSSR count). The first-order valence-corrected chi connectivity index (χ1v) is 10.3. The van der Waals surface area contributed by atoms with Crippen molar-refractivity contribution in [3.05, 3.63) is 52.7 Å². The number of nitrogens with zero attached hydrogens (tertiary/aromatic N) is 2. The Kier molecular flexibility index (Phi) is 5.62. The van der Waals surface area contributed by atoms with Crippen molar-refractivity contribution in [1.82, 2.24) is 15.1 Å². The maximum Gasteiger partial charge on any atom is 0.248 e. The summed E-state index contributed by atoms with van der Waals surface area (Å²) in [6.45, 7) is 0.606. The summed E-state index contributed by atoms with van der Waals surface area (Å²) in [5, 5.41) is 11.9. The second kappa shape index (κ2) is 8.48. The smallest absolute Gasteiger partial charge is 0.248 e. The number of hydrogen-bond donors (Lipinski definition) is 2. The summed E-state index contributed by atoms with van der Waals surface area (Å²) >= 11 is 1.55. The van der Waals surface area contributed by atoms with E-state index >= 15 is 0 Å². The van der Waals surface area contributed by atoms with Crippen LogP contribution in [0.3, 0.4) is 0 Å². The van der Waals surface area contributed by atoms with Crippen molar-refractivity contribution < 1.29 is 14.3 Å². The molecule has 1 saturated heterocycles. The van der Waals surface area contributed by atoms with Gasteiger partial charge in [-0.05, 0) is 36.4 Å². The molecule has 1 aromatic carbocycles. The Balaban J connectivity index is 1.44. The summed E-state index contributed by atoms with van der Waals surface area (Å²) in [5.41, 5.74) is 1.60. The maximum atomic E-state index is 12.8. The van der Waals surface area contributed by atoms with Gasteiger partial charge in [-0.25, -0.2) is 0 Å². The van der Waals surface area contributed by atoms with Crippen molar-refractivity contribution in [1.29, 1.82) is 0 Å². The summed E-state index contributed by atoms with van der Waals surface area (Å²) in [6.07, 6.45) is 1.81. The number of nitrogens with one attached hydrogen (secondary N) is 2. The van der Waals surface area contributed by atoms with Crippen LogP contribution in [0.2, 0.25) is 0 Å². The van der Waals surface area contributed by atoms with Gasteiger partial charge < -0.3 is 15.0 Å². The lowest BCUT2D eigenvalue weighted by molar-refractivity contribution is -0.136. The molecule has 1 aliphatic rings. The summed E-state index contributed by atoms with van der Waals surface area (Å²) in [5.74, 6) is 0.922. The van der Waals surface area contributed by atoms with Crippen LogP contribution in [0, 0.1) is 0 Å². The number of ether oxygens (including phenoxy) is 1. The molecule has 0 bridgehead atoms. The van der Waals surface area contributed by atoms with Crippen LogP contribution in [0.1, 0.15) is 17.7 Å². The molecule has 3 heterocycles. The lowest BCUT2D eigenvalue weighted by Crippen LogP contribution is -2.43. The molecule has 0 aliphatic carbocycles. The van der Waals surface area contributed by atoms with E-state index in [0.29, 0.717) is 25.2 Å². The average Bonchev–Trinajstić information content (AvgIpc) is 3.49. The third-order valence-electron chi connectivity index (χ3n) is 5.01. The predicted octanol–water partition coefficient (Wildman–Crippen LogP) is 3.32. The van der Waals surface area contributed by atoms with Crippen molar-refractivity contribution in [2.75, 3.05) is 19.0 Å². The molecule has 2 aromatic heterocycles. The number of thiophene rings is 1. The Morgan fingerprint density at radius 3 is 2.97 bits per heavy atom. The molecule has 3 aromatic rings. The molecule has 1 fully saturated rings. The topological polar surface area (TPSA) is 87.3 Å². The molecule has 8 heteroatoms. The number of likely N-dealkylation sites (tertiary alicyclic amines) is 1. The first-order chi connectivity index (χ1) is 14.2. The van der Waals surface area contributed by atoms with E-state index in [1.54, 1.807) is 29.4 Å². The van der Waals surface area contributed by atoms with Gasteiger partial charge in [0.05, 0.1) is 19.2 Å². The molecule has 7 nitrogen and oxygen atoms in total. The number of carbonyl (C=O) groups is 2. The number of para-hydroxylation sites is 1. The highest BCUT2D eigenvalue weighted by Gasteiger charge is 2.34. The van der Waals surface area contributed by atoms with E-state index in [1.807, 2.05) is 41.8 Å². The SMILES string of the molecule is COc1ccccc1-c1cc(NC(=O)C2CCCN2C(=O)Cc2cccs2)n[nH]1. The van der Waals surface area contributed by atoms with Gasteiger partial charge in [0.15, 0.2) is 5.82 Å². The molecule has 0 spiro atoms. The third-order valence-corrected chi connectivity index (χ3v) is 5.88. The minimum absolute atomic E-state index is 0.0122. The number of hydrogen-bond acceptors (Lipinski definition) is 5. The summed E-state index contributed by atoms with van der Waals surface area (Å²) < 4.78 is 5.38. The van der Waals surface area contributed by atoms with Crippen LogP contribution in [0.5, 0.6) is 5.75 Å². The maximum absolute atomic E-state index is 12.8. The number of H-pyrrole nitrogens is 1. The quantitative estimate of drug-likeness (QED) is 0.653. The number of amides is 2. The zero-order chi connectivity index (χ0) is 20.2. The van der Waals surface area contributed by atoms with Crippen molar-refractivity contribution in [2.45, 2.75) is 25.3 Å². The van der Waals surface area contributed by atoms with Crippen LogP contribution in [0.25, 0.3) is 11.3 Å². The molecule has 1 aliphatic heterocycles. The van der Waals surface area contributed by atoms with E-state index in [-0.39, 0.29) is 11.8 Å². The van der Waals surface area contributed by atoms with Gasteiger partial charge in [-0.1, -0.05) is 18.2 Å². The van der Waals surface area contributed by atoms with Gasteiger partial charge in [-0.2, -0.15) is 5.10 Å². The molecule has 29 heavy (non-hydrogen) atoms.